The van der Waals surface area contributed by atoms with E-state index >= 15 is 0 Å². The summed E-state index contributed by atoms with van der Waals surface area (Å²) in [6.45, 7) is 0. The summed E-state index contributed by atoms with van der Waals surface area (Å²) in [6, 6.07) is 5.82. The highest BCUT2D eigenvalue weighted by Gasteiger charge is 2.27. The lowest BCUT2D eigenvalue weighted by molar-refractivity contribution is 0.102. The minimum atomic E-state index is -2.74. The predicted molar refractivity (Wildman–Crippen MR) is 88.4 cm³/mol. The molecule has 4 rings (SSSR count). The molecule has 0 aliphatic heterocycles. The first-order valence-electron chi connectivity index (χ1n) is 7.82. The van der Waals surface area contributed by atoms with Gasteiger partial charge in [-0.05, 0) is 43.5 Å². The molecule has 0 radical (unpaired) electrons. The molecule has 0 saturated carbocycles. The number of aromatic nitrogens is 4. The number of carbonyl (C=O) groups excluding carboxylic acids is 1. The molecule has 0 unspecified atom stereocenters. The number of benzene rings is 1. The van der Waals surface area contributed by atoms with Gasteiger partial charge in [0.2, 0.25) is 5.13 Å². The zero-order valence-electron chi connectivity index (χ0n) is 13.2. The SMILES string of the molecule is O=C(Nc1nnc(C(F)F)s1)c1nn(-c2ccc(F)cc2)c2c1CCC2. The van der Waals surface area contributed by atoms with Gasteiger partial charge in [0.25, 0.3) is 12.3 Å². The fourth-order valence-electron chi connectivity index (χ4n) is 2.95. The molecule has 1 aliphatic carbocycles. The number of amides is 1. The molecule has 0 fully saturated rings. The van der Waals surface area contributed by atoms with Gasteiger partial charge in [-0.25, -0.2) is 17.9 Å². The van der Waals surface area contributed by atoms with Crippen LogP contribution in [0.3, 0.4) is 0 Å². The fraction of sp³-hybridized carbons (Fsp3) is 0.250. The van der Waals surface area contributed by atoms with E-state index in [4.69, 9.17) is 0 Å². The Kier molecular flexibility index (Phi) is 4.19. The van der Waals surface area contributed by atoms with Crippen molar-refractivity contribution in [1.82, 2.24) is 20.0 Å². The van der Waals surface area contributed by atoms with Crippen LogP contribution in [0.25, 0.3) is 5.69 Å². The van der Waals surface area contributed by atoms with Gasteiger partial charge in [0, 0.05) is 11.3 Å². The quantitative estimate of drug-likeness (QED) is 0.753. The maximum Gasteiger partial charge on any atom is 0.291 e. The first-order chi connectivity index (χ1) is 12.5. The average Bonchev–Trinajstić information content (AvgIpc) is 3.31. The number of rotatable bonds is 4. The van der Waals surface area contributed by atoms with Gasteiger partial charge >= 0.3 is 0 Å². The normalized spacial score (nSPS) is 13.2. The molecule has 1 amide bonds. The van der Waals surface area contributed by atoms with E-state index in [9.17, 15) is 18.0 Å². The summed E-state index contributed by atoms with van der Waals surface area (Å²) in [5, 5.41) is 13.3. The Morgan fingerprint density at radius 3 is 2.65 bits per heavy atom. The third kappa shape index (κ3) is 2.96. The molecule has 1 aromatic carbocycles. The molecule has 2 heterocycles. The number of halogens is 3. The lowest BCUT2D eigenvalue weighted by atomic mass is 10.2. The molecule has 6 nitrogen and oxygen atoms in total. The van der Waals surface area contributed by atoms with Crippen LogP contribution in [0.2, 0.25) is 0 Å². The second kappa shape index (κ2) is 6.52. The molecule has 2 aromatic heterocycles. The highest BCUT2D eigenvalue weighted by molar-refractivity contribution is 7.15. The Bertz CT molecular complexity index is 967. The number of carbonyl (C=O) groups is 1. The maximum absolute atomic E-state index is 13.2. The average molecular weight is 379 g/mol. The smallest absolute Gasteiger partial charge is 0.291 e. The standard InChI is InChI=1S/C16H12F3N5OS/c17-8-4-6-9(7-5-8)24-11-3-1-2-10(11)12(23-24)14(25)20-16-22-21-15(26-16)13(18)19/h4-7,13H,1-3H2,(H,20,22,25). The van der Waals surface area contributed by atoms with Gasteiger partial charge in [-0.15, -0.1) is 10.2 Å². The van der Waals surface area contributed by atoms with E-state index in [1.54, 1.807) is 16.8 Å². The lowest BCUT2D eigenvalue weighted by Gasteiger charge is -2.05. The molecule has 26 heavy (non-hydrogen) atoms. The van der Waals surface area contributed by atoms with Gasteiger partial charge in [-0.3, -0.25) is 10.1 Å². The third-order valence-corrected chi connectivity index (χ3v) is 4.91. The lowest BCUT2D eigenvalue weighted by Crippen LogP contribution is -2.14. The zero-order chi connectivity index (χ0) is 18.3. The number of fused-ring (bicyclic) bond motifs is 1. The van der Waals surface area contributed by atoms with E-state index in [0.717, 1.165) is 24.1 Å². The van der Waals surface area contributed by atoms with Crippen LogP contribution in [0.15, 0.2) is 24.3 Å². The summed E-state index contributed by atoms with van der Waals surface area (Å²) in [6.07, 6.45) is -0.415. The van der Waals surface area contributed by atoms with Gasteiger partial charge in [0.05, 0.1) is 5.69 Å². The van der Waals surface area contributed by atoms with E-state index in [1.165, 1.54) is 12.1 Å². The van der Waals surface area contributed by atoms with E-state index < -0.39 is 17.3 Å². The summed E-state index contributed by atoms with van der Waals surface area (Å²) >= 11 is 0.622. The second-order valence-electron chi connectivity index (χ2n) is 5.72. The van der Waals surface area contributed by atoms with Crippen molar-refractivity contribution in [1.29, 1.82) is 0 Å². The van der Waals surface area contributed by atoms with Crippen LogP contribution in [-0.4, -0.2) is 25.9 Å². The van der Waals surface area contributed by atoms with Crippen molar-refractivity contribution in [2.45, 2.75) is 25.7 Å². The molecular weight excluding hydrogens is 367 g/mol. The van der Waals surface area contributed by atoms with Crippen LogP contribution in [0.4, 0.5) is 18.3 Å². The van der Waals surface area contributed by atoms with Crippen molar-refractivity contribution < 1.29 is 18.0 Å². The van der Waals surface area contributed by atoms with E-state index in [0.29, 0.717) is 23.4 Å². The molecule has 0 spiro atoms. The van der Waals surface area contributed by atoms with Crippen molar-refractivity contribution in [2.75, 3.05) is 5.32 Å². The summed E-state index contributed by atoms with van der Waals surface area (Å²) < 4.78 is 40.0. The fourth-order valence-corrected chi connectivity index (χ4v) is 3.54. The Morgan fingerprint density at radius 1 is 1.19 bits per heavy atom. The Labute approximate surface area is 149 Å². The largest absolute Gasteiger partial charge is 0.295 e. The van der Waals surface area contributed by atoms with E-state index in [-0.39, 0.29) is 16.6 Å². The van der Waals surface area contributed by atoms with Crippen LogP contribution in [-0.2, 0) is 12.8 Å². The molecule has 3 aromatic rings. The van der Waals surface area contributed by atoms with Crippen molar-refractivity contribution >= 4 is 22.4 Å². The Hall–Kier alpha value is -2.75. The van der Waals surface area contributed by atoms with Crippen LogP contribution in [0, 0.1) is 5.82 Å². The molecule has 134 valence electrons. The molecular formula is C16H12F3N5OS. The highest BCUT2D eigenvalue weighted by Crippen LogP contribution is 2.29. The monoisotopic (exact) mass is 379 g/mol. The molecule has 0 saturated heterocycles. The summed E-state index contributed by atoms with van der Waals surface area (Å²) in [5.41, 5.74) is 2.58. The number of nitrogens with zero attached hydrogens (tertiary/aromatic N) is 4. The minimum Gasteiger partial charge on any atom is -0.295 e. The van der Waals surface area contributed by atoms with Crippen LogP contribution in [0.5, 0.6) is 0 Å². The van der Waals surface area contributed by atoms with Crippen molar-refractivity contribution in [3.63, 3.8) is 0 Å². The van der Waals surface area contributed by atoms with Gasteiger partial charge in [0.1, 0.15) is 5.82 Å². The highest BCUT2D eigenvalue weighted by atomic mass is 32.1. The minimum absolute atomic E-state index is 0.00613. The van der Waals surface area contributed by atoms with Crippen LogP contribution < -0.4 is 5.32 Å². The second-order valence-corrected chi connectivity index (χ2v) is 6.72. The van der Waals surface area contributed by atoms with Gasteiger partial charge < -0.3 is 0 Å². The van der Waals surface area contributed by atoms with Crippen molar-refractivity contribution in [3.8, 4) is 5.69 Å². The third-order valence-electron chi connectivity index (χ3n) is 4.06. The van der Waals surface area contributed by atoms with E-state index in [1.807, 2.05) is 0 Å². The zero-order valence-corrected chi connectivity index (χ0v) is 14.1. The predicted octanol–water partition coefficient (Wildman–Crippen LogP) is 3.54. The molecule has 1 N–H and O–H groups in total. The van der Waals surface area contributed by atoms with Crippen LogP contribution >= 0.6 is 11.3 Å². The molecule has 0 atom stereocenters. The topological polar surface area (TPSA) is 72.7 Å². The molecule has 1 aliphatic rings. The van der Waals surface area contributed by atoms with Crippen molar-refractivity contribution in [3.05, 3.63) is 52.0 Å². The summed E-state index contributed by atoms with van der Waals surface area (Å²) in [7, 11) is 0. The molecule has 0 bridgehead atoms. The first kappa shape index (κ1) is 16.7. The summed E-state index contributed by atoms with van der Waals surface area (Å²) in [5.74, 6) is -0.886. The van der Waals surface area contributed by atoms with Gasteiger partial charge in [-0.2, -0.15) is 5.10 Å². The first-order valence-corrected chi connectivity index (χ1v) is 8.64. The number of hydrogen-bond acceptors (Lipinski definition) is 5. The Balaban J connectivity index is 1.65. The van der Waals surface area contributed by atoms with Crippen LogP contribution in [0.1, 0.15) is 39.6 Å². The Morgan fingerprint density at radius 2 is 1.96 bits per heavy atom. The van der Waals surface area contributed by atoms with E-state index in [2.05, 4.69) is 20.6 Å². The van der Waals surface area contributed by atoms with Crippen molar-refractivity contribution in [2.24, 2.45) is 0 Å². The molecule has 10 heteroatoms. The number of hydrogen-bond donors (Lipinski definition) is 1. The number of anilines is 1. The van der Waals surface area contributed by atoms with Gasteiger partial charge in [0.15, 0.2) is 10.7 Å². The van der Waals surface area contributed by atoms with Gasteiger partial charge in [-0.1, -0.05) is 11.3 Å². The number of nitrogens with one attached hydrogen (secondary N) is 1. The summed E-state index contributed by atoms with van der Waals surface area (Å²) in [4.78, 5) is 12.6. The number of alkyl halides is 2. The maximum atomic E-state index is 13.2.